The standard InChI is InChI=1S/C15H15N3O3/c1-17-7-6-12(16-17)14(19)18-9-11-5-3-2-4-10(11)8-13(18)15(20)21/h2-7,13H,8-9H2,1H3,(H,20,21). The Bertz CT molecular complexity index is 708. The molecule has 6 heteroatoms. The first-order chi connectivity index (χ1) is 10.1. The van der Waals surface area contributed by atoms with Crippen LogP contribution in [0.2, 0.25) is 0 Å². The summed E-state index contributed by atoms with van der Waals surface area (Å²) in [7, 11) is 1.72. The van der Waals surface area contributed by atoms with E-state index in [-0.39, 0.29) is 11.6 Å². The van der Waals surface area contributed by atoms with Crippen molar-refractivity contribution in [3.63, 3.8) is 0 Å². The number of carbonyl (C=O) groups is 2. The first-order valence-corrected chi connectivity index (χ1v) is 6.66. The van der Waals surface area contributed by atoms with E-state index in [0.717, 1.165) is 11.1 Å². The maximum atomic E-state index is 12.5. The van der Waals surface area contributed by atoms with Gasteiger partial charge in [-0.05, 0) is 17.2 Å². The normalized spacial score (nSPS) is 17.4. The fraction of sp³-hybridized carbons (Fsp3) is 0.267. The van der Waals surface area contributed by atoms with Crippen molar-refractivity contribution in [2.75, 3.05) is 0 Å². The predicted octanol–water partition coefficient (Wildman–Crippen LogP) is 1.07. The first kappa shape index (κ1) is 13.4. The number of benzene rings is 1. The molecule has 1 amide bonds. The van der Waals surface area contributed by atoms with Crippen molar-refractivity contribution in [3.8, 4) is 0 Å². The monoisotopic (exact) mass is 285 g/mol. The lowest BCUT2D eigenvalue weighted by Gasteiger charge is -2.34. The number of aromatic nitrogens is 2. The Morgan fingerprint density at radius 3 is 2.57 bits per heavy atom. The molecule has 1 aromatic heterocycles. The van der Waals surface area contributed by atoms with Crippen LogP contribution >= 0.6 is 0 Å². The van der Waals surface area contributed by atoms with Crippen LogP contribution in [0.1, 0.15) is 21.6 Å². The van der Waals surface area contributed by atoms with Gasteiger partial charge in [0, 0.05) is 26.2 Å². The van der Waals surface area contributed by atoms with Crippen LogP contribution in [0.5, 0.6) is 0 Å². The molecule has 108 valence electrons. The molecule has 1 atom stereocenters. The summed E-state index contributed by atoms with van der Waals surface area (Å²) in [6, 6.07) is 8.35. The van der Waals surface area contributed by atoms with Crippen molar-refractivity contribution in [3.05, 3.63) is 53.3 Å². The topological polar surface area (TPSA) is 75.4 Å². The number of aliphatic carboxylic acids is 1. The molecule has 1 unspecified atom stereocenters. The summed E-state index contributed by atoms with van der Waals surface area (Å²) in [4.78, 5) is 25.4. The van der Waals surface area contributed by atoms with Crippen LogP contribution in [0.3, 0.4) is 0 Å². The van der Waals surface area contributed by atoms with Gasteiger partial charge in [-0.2, -0.15) is 5.10 Å². The number of amides is 1. The average molecular weight is 285 g/mol. The van der Waals surface area contributed by atoms with Crippen LogP contribution < -0.4 is 0 Å². The van der Waals surface area contributed by atoms with Crippen molar-refractivity contribution in [2.45, 2.75) is 19.0 Å². The molecule has 3 rings (SSSR count). The molecular formula is C15H15N3O3. The molecule has 0 spiro atoms. The van der Waals surface area contributed by atoms with E-state index in [0.29, 0.717) is 13.0 Å². The van der Waals surface area contributed by atoms with Gasteiger partial charge in [0.2, 0.25) is 0 Å². The van der Waals surface area contributed by atoms with Crippen LogP contribution in [-0.2, 0) is 24.8 Å². The molecule has 1 aliphatic rings. The zero-order valence-electron chi connectivity index (χ0n) is 11.6. The Labute approximate surface area is 121 Å². The molecule has 0 radical (unpaired) electrons. The minimum atomic E-state index is -0.992. The fourth-order valence-electron chi connectivity index (χ4n) is 2.63. The van der Waals surface area contributed by atoms with Crippen LogP contribution in [0, 0.1) is 0 Å². The zero-order valence-corrected chi connectivity index (χ0v) is 11.6. The quantitative estimate of drug-likeness (QED) is 0.895. The van der Waals surface area contributed by atoms with E-state index < -0.39 is 12.0 Å². The lowest BCUT2D eigenvalue weighted by Crippen LogP contribution is -2.48. The highest BCUT2D eigenvalue weighted by Gasteiger charge is 2.35. The number of carbonyl (C=O) groups excluding carboxylic acids is 1. The Balaban J connectivity index is 1.96. The van der Waals surface area contributed by atoms with Crippen LogP contribution in [0.4, 0.5) is 0 Å². The second-order valence-corrected chi connectivity index (χ2v) is 5.13. The number of carboxylic acid groups (broad SMARTS) is 1. The van der Waals surface area contributed by atoms with Gasteiger partial charge < -0.3 is 10.0 Å². The summed E-state index contributed by atoms with van der Waals surface area (Å²) in [5.74, 6) is -1.34. The highest BCUT2D eigenvalue weighted by molar-refractivity contribution is 5.95. The summed E-state index contributed by atoms with van der Waals surface area (Å²) >= 11 is 0. The Morgan fingerprint density at radius 2 is 1.95 bits per heavy atom. The Kier molecular flexibility index (Phi) is 3.21. The van der Waals surface area contributed by atoms with Gasteiger partial charge in [0.25, 0.3) is 5.91 Å². The van der Waals surface area contributed by atoms with Gasteiger partial charge in [0.05, 0.1) is 0 Å². The summed E-state index contributed by atoms with van der Waals surface area (Å²) in [6.07, 6.45) is 1.99. The number of aryl methyl sites for hydroxylation is 1. The first-order valence-electron chi connectivity index (χ1n) is 6.66. The molecule has 2 aromatic rings. The molecule has 0 fully saturated rings. The highest BCUT2D eigenvalue weighted by Crippen LogP contribution is 2.24. The van der Waals surface area contributed by atoms with Gasteiger partial charge in [-0.15, -0.1) is 0 Å². The minimum Gasteiger partial charge on any atom is -0.480 e. The summed E-state index contributed by atoms with van der Waals surface area (Å²) in [6.45, 7) is 0.294. The molecule has 0 aliphatic carbocycles. The average Bonchev–Trinajstić information content (AvgIpc) is 2.91. The Morgan fingerprint density at radius 1 is 1.24 bits per heavy atom. The lowest BCUT2D eigenvalue weighted by atomic mass is 9.93. The van der Waals surface area contributed by atoms with Crippen molar-refractivity contribution in [1.29, 1.82) is 0 Å². The fourth-order valence-corrected chi connectivity index (χ4v) is 2.63. The molecule has 0 saturated heterocycles. The molecule has 0 bridgehead atoms. The van der Waals surface area contributed by atoms with E-state index in [1.807, 2.05) is 24.3 Å². The van der Waals surface area contributed by atoms with E-state index >= 15 is 0 Å². The van der Waals surface area contributed by atoms with E-state index in [9.17, 15) is 14.7 Å². The van der Waals surface area contributed by atoms with Gasteiger partial charge in [-0.3, -0.25) is 9.48 Å². The Hall–Kier alpha value is -2.63. The zero-order chi connectivity index (χ0) is 15.0. The molecule has 2 heterocycles. The molecule has 1 N–H and O–H groups in total. The molecular weight excluding hydrogens is 270 g/mol. The molecule has 1 aliphatic heterocycles. The van der Waals surface area contributed by atoms with Gasteiger partial charge in [-0.25, -0.2) is 4.79 Å². The summed E-state index contributed by atoms with van der Waals surface area (Å²) in [5.41, 5.74) is 2.23. The number of hydrogen-bond donors (Lipinski definition) is 1. The molecule has 21 heavy (non-hydrogen) atoms. The highest BCUT2D eigenvalue weighted by atomic mass is 16.4. The second-order valence-electron chi connectivity index (χ2n) is 5.13. The minimum absolute atomic E-state index is 0.267. The van der Waals surface area contributed by atoms with Gasteiger partial charge >= 0.3 is 5.97 Å². The largest absolute Gasteiger partial charge is 0.480 e. The van der Waals surface area contributed by atoms with Crippen molar-refractivity contribution >= 4 is 11.9 Å². The summed E-state index contributed by atoms with van der Waals surface area (Å²) in [5, 5.41) is 13.5. The van der Waals surface area contributed by atoms with Gasteiger partial charge in [0.15, 0.2) is 0 Å². The van der Waals surface area contributed by atoms with Gasteiger partial charge in [0.1, 0.15) is 11.7 Å². The van der Waals surface area contributed by atoms with E-state index in [2.05, 4.69) is 5.10 Å². The second kappa shape index (κ2) is 5.05. The van der Waals surface area contributed by atoms with Crippen molar-refractivity contribution < 1.29 is 14.7 Å². The number of carboxylic acids is 1. The van der Waals surface area contributed by atoms with Crippen molar-refractivity contribution in [1.82, 2.24) is 14.7 Å². The van der Waals surface area contributed by atoms with E-state index in [1.165, 1.54) is 9.58 Å². The maximum Gasteiger partial charge on any atom is 0.326 e. The number of nitrogens with zero attached hydrogens (tertiary/aromatic N) is 3. The summed E-state index contributed by atoms with van der Waals surface area (Å²) < 4.78 is 1.53. The number of rotatable bonds is 2. The molecule has 6 nitrogen and oxygen atoms in total. The smallest absolute Gasteiger partial charge is 0.326 e. The van der Waals surface area contributed by atoms with Gasteiger partial charge in [-0.1, -0.05) is 24.3 Å². The predicted molar refractivity (Wildman–Crippen MR) is 74.7 cm³/mol. The lowest BCUT2D eigenvalue weighted by molar-refractivity contribution is -0.142. The number of hydrogen-bond acceptors (Lipinski definition) is 3. The van der Waals surface area contributed by atoms with Crippen LogP contribution in [0.25, 0.3) is 0 Å². The van der Waals surface area contributed by atoms with Crippen molar-refractivity contribution in [2.24, 2.45) is 7.05 Å². The van der Waals surface area contributed by atoms with E-state index in [4.69, 9.17) is 0 Å². The van der Waals surface area contributed by atoms with Crippen LogP contribution in [-0.4, -0.2) is 37.7 Å². The third kappa shape index (κ3) is 2.40. The maximum absolute atomic E-state index is 12.5. The third-order valence-corrected chi connectivity index (χ3v) is 3.73. The SMILES string of the molecule is Cn1ccc(C(=O)N2Cc3ccccc3CC2C(=O)O)n1. The molecule has 0 saturated carbocycles. The van der Waals surface area contributed by atoms with E-state index in [1.54, 1.807) is 19.3 Å². The molecule has 1 aromatic carbocycles. The van der Waals surface area contributed by atoms with Crippen LogP contribution in [0.15, 0.2) is 36.5 Å². The third-order valence-electron chi connectivity index (χ3n) is 3.73. The number of fused-ring (bicyclic) bond motifs is 1.